The lowest BCUT2D eigenvalue weighted by Gasteiger charge is -2.44. The number of piperidine rings is 1. The zero-order valence-corrected chi connectivity index (χ0v) is 14.1. The molecule has 124 valence electrons. The number of hydrogen-bond acceptors (Lipinski definition) is 3. The van der Waals surface area contributed by atoms with Gasteiger partial charge in [-0.05, 0) is 63.6 Å². The Balaban J connectivity index is 1.49. The Morgan fingerprint density at radius 1 is 1.22 bits per heavy atom. The van der Waals surface area contributed by atoms with Crippen LogP contribution < -0.4 is 4.74 Å². The Bertz CT molecular complexity index is 598. The SMILES string of the molecule is COc1cccc2c1CCC1(CCN(CC3CCC3)CC1)C2=O. The quantitative estimate of drug-likeness (QED) is 0.852. The number of ether oxygens (including phenoxy) is 1. The average molecular weight is 313 g/mol. The van der Waals surface area contributed by atoms with Crippen molar-refractivity contribution in [3.63, 3.8) is 0 Å². The fourth-order valence-electron chi connectivity index (χ4n) is 4.67. The number of fused-ring (bicyclic) bond motifs is 1. The van der Waals surface area contributed by atoms with Gasteiger partial charge in [-0.2, -0.15) is 0 Å². The van der Waals surface area contributed by atoms with Gasteiger partial charge in [0.15, 0.2) is 5.78 Å². The van der Waals surface area contributed by atoms with Gasteiger partial charge in [-0.25, -0.2) is 0 Å². The first-order valence-corrected chi connectivity index (χ1v) is 9.15. The Labute approximate surface area is 139 Å². The number of methoxy groups -OCH3 is 1. The minimum Gasteiger partial charge on any atom is -0.496 e. The first kappa shape index (κ1) is 15.2. The van der Waals surface area contributed by atoms with Crippen molar-refractivity contribution in [3.05, 3.63) is 29.3 Å². The molecule has 3 nitrogen and oxygen atoms in total. The van der Waals surface area contributed by atoms with Crippen molar-refractivity contribution in [1.82, 2.24) is 4.90 Å². The molecule has 1 aromatic rings. The van der Waals surface area contributed by atoms with Crippen LogP contribution in [-0.2, 0) is 6.42 Å². The van der Waals surface area contributed by atoms with Crippen LogP contribution in [0.25, 0.3) is 0 Å². The number of hydrogen-bond donors (Lipinski definition) is 0. The lowest BCUT2D eigenvalue weighted by atomic mass is 9.65. The van der Waals surface area contributed by atoms with Crippen LogP contribution in [0.15, 0.2) is 18.2 Å². The van der Waals surface area contributed by atoms with Crippen LogP contribution in [0.1, 0.15) is 54.4 Å². The molecule has 23 heavy (non-hydrogen) atoms. The molecular weight excluding hydrogens is 286 g/mol. The maximum absolute atomic E-state index is 13.2. The van der Waals surface area contributed by atoms with Crippen molar-refractivity contribution in [2.75, 3.05) is 26.7 Å². The summed E-state index contributed by atoms with van der Waals surface area (Å²) in [4.78, 5) is 15.8. The van der Waals surface area contributed by atoms with Crippen molar-refractivity contribution < 1.29 is 9.53 Å². The summed E-state index contributed by atoms with van der Waals surface area (Å²) in [5, 5.41) is 0. The van der Waals surface area contributed by atoms with Crippen LogP contribution in [0.5, 0.6) is 5.75 Å². The summed E-state index contributed by atoms with van der Waals surface area (Å²) in [5.41, 5.74) is 1.95. The van der Waals surface area contributed by atoms with E-state index in [0.717, 1.165) is 61.6 Å². The van der Waals surface area contributed by atoms with E-state index < -0.39 is 0 Å². The lowest BCUT2D eigenvalue weighted by Crippen LogP contribution is -2.48. The van der Waals surface area contributed by atoms with Gasteiger partial charge in [0.1, 0.15) is 5.75 Å². The van der Waals surface area contributed by atoms with E-state index in [2.05, 4.69) is 4.90 Å². The third kappa shape index (κ3) is 2.59. The molecule has 0 bridgehead atoms. The number of carbonyl (C=O) groups excluding carboxylic acids is 1. The fourth-order valence-corrected chi connectivity index (χ4v) is 4.67. The molecule has 0 amide bonds. The summed E-state index contributed by atoms with van der Waals surface area (Å²) >= 11 is 0. The van der Waals surface area contributed by atoms with E-state index >= 15 is 0 Å². The van der Waals surface area contributed by atoms with Gasteiger partial charge < -0.3 is 9.64 Å². The van der Waals surface area contributed by atoms with Crippen molar-refractivity contribution in [2.45, 2.75) is 44.9 Å². The van der Waals surface area contributed by atoms with Crippen LogP contribution in [-0.4, -0.2) is 37.4 Å². The Morgan fingerprint density at radius 3 is 2.65 bits per heavy atom. The van der Waals surface area contributed by atoms with E-state index in [1.807, 2.05) is 18.2 Å². The maximum Gasteiger partial charge on any atom is 0.169 e. The van der Waals surface area contributed by atoms with Gasteiger partial charge >= 0.3 is 0 Å². The van der Waals surface area contributed by atoms with E-state index in [-0.39, 0.29) is 5.41 Å². The number of Topliss-reactive ketones (excluding diaryl/α,β-unsaturated/α-hetero) is 1. The summed E-state index contributed by atoms with van der Waals surface area (Å²) in [6, 6.07) is 5.94. The molecule has 0 atom stereocenters. The summed E-state index contributed by atoms with van der Waals surface area (Å²) in [6.45, 7) is 3.46. The number of carbonyl (C=O) groups is 1. The van der Waals surface area contributed by atoms with E-state index in [0.29, 0.717) is 5.78 Å². The van der Waals surface area contributed by atoms with Gasteiger partial charge in [-0.15, -0.1) is 0 Å². The summed E-state index contributed by atoms with van der Waals surface area (Å²) in [5.74, 6) is 2.19. The highest BCUT2D eigenvalue weighted by atomic mass is 16.5. The molecule has 0 unspecified atom stereocenters. The monoisotopic (exact) mass is 313 g/mol. The first-order valence-electron chi connectivity index (χ1n) is 9.15. The number of nitrogens with zero attached hydrogens (tertiary/aromatic N) is 1. The fraction of sp³-hybridized carbons (Fsp3) is 0.650. The van der Waals surface area contributed by atoms with Crippen LogP contribution in [0.3, 0.4) is 0 Å². The van der Waals surface area contributed by atoms with Crippen LogP contribution >= 0.6 is 0 Å². The summed E-state index contributed by atoms with van der Waals surface area (Å²) in [7, 11) is 1.70. The average Bonchev–Trinajstić information content (AvgIpc) is 2.56. The predicted molar refractivity (Wildman–Crippen MR) is 91.1 cm³/mol. The zero-order valence-electron chi connectivity index (χ0n) is 14.1. The van der Waals surface area contributed by atoms with Crippen LogP contribution in [0, 0.1) is 11.3 Å². The highest BCUT2D eigenvalue weighted by Gasteiger charge is 2.45. The minimum absolute atomic E-state index is 0.102. The van der Waals surface area contributed by atoms with Gasteiger partial charge in [0.05, 0.1) is 7.11 Å². The molecule has 3 heteroatoms. The highest BCUT2D eigenvalue weighted by molar-refractivity contribution is 6.03. The number of benzene rings is 1. The zero-order chi connectivity index (χ0) is 15.9. The highest BCUT2D eigenvalue weighted by Crippen LogP contribution is 2.45. The molecule has 1 saturated carbocycles. The Morgan fingerprint density at radius 2 is 2.00 bits per heavy atom. The number of ketones is 1. The molecule has 1 heterocycles. The van der Waals surface area contributed by atoms with Gasteiger partial charge in [-0.1, -0.05) is 18.6 Å². The maximum atomic E-state index is 13.2. The van der Waals surface area contributed by atoms with E-state index in [9.17, 15) is 4.79 Å². The minimum atomic E-state index is -0.102. The molecule has 0 N–H and O–H groups in total. The van der Waals surface area contributed by atoms with E-state index in [4.69, 9.17) is 4.74 Å². The normalized spacial score (nSPS) is 24.3. The second kappa shape index (κ2) is 5.94. The van der Waals surface area contributed by atoms with Gasteiger partial charge in [0.2, 0.25) is 0 Å². The summed E-state index contributed by atoms with van der Waals surface area (Å²) in [6.07, 6.45) is 8.29. The third-order valence-corrected chi connectivity index (χ3v) is 6.49. The van der Waals surface area contributed by atoms with E-state index in [1.54, 1.807) is 7.11 Å². The molecule has 1 spiro atoms. The molecule has 0 aromatic heterocycles. The molecule has 1 aromatic carbocycles. The third-order valence-electron chi connectivity index (χ3n) is 6.49. The molecule has 3 aliphatic rings. The van der Waals surface area contributed by atoms with Gasteiger partial charge in [-0.3, -0.25) is 4.79 Å². The molecule has 2 fully saturated rings. The number of likely N-dealkylation sites (tertiary alicyclic amines) is 1. The Kier molecular flexibility index (Phi) is 3.92. The van der Waals surface area contributed by atoms with Crippen molar-refractivity contribution >= 4 is 5.78 Å². The van der Waals surface area contributed by atoms with E-state index in [1.165, 1.54) is 25.8 Å². The number of rotatable bonds is 3. The first-order chi connectivity index (χ1) is 11.2. The second-order valence-electron chi connectivity index (χ2n) is 7.69. The molecule has 4 rings (SSSR count). The molecule has 2 aliphatic carbocycles. The van der Waals surface area contributed by atoms with Crippen LogP contribution in [0.2, 0.25) is 0 Å². The largest absolute Gasteiger partial charge is 0.496 e. The van der Waals surface area contributed by atoms with Gasteiger partial charge in [0.25, 0.3) is 0 Å². The van der Waals surface area contributed by atoms with Gasteiger partial charge in [0, 0.05) is 23.1 Å². The molecule has 1 saturated heterocycles. The lowest BCUT2D eigenvalue weighted by molar-refractivity contribution is 0.0479. The molecule has 0 radical (unpaired) electrons. The Hall–Kier alpha value is -1.35. The van der Waals surface area contributed by atoms with Crippen molar-refractivity contribution in [3.8, 4) is 5.75 Å². The summed E-state index contributed by atoms with van der Waals surface area (Å²) < 4.78 is 5.46. The second-order valence-corrected chi connectivity index (χ2v) is 7.69. The predicted octanol–water partition coefficient (Wildman–Crippen LogP) is 3.71. The standard InChI is InChI=1S/C20H27NO2/c1-23-18-7-3-6-17-16(18)8-9-20(19(17)22)10-12-21(13-11-20)14-15-4-2-5-15/h3,6-7,15H,2,4-5,8-14H2,1H3. The molecule has 1 aliphatic heterocycles. The topological polar surface area (TPSA) is 29.5 Å². The van der Waals surface area contributed by atoms with Crippen molar-refractivity contribution in [1.29, 1.82) is 0 Å². The van der Waals surface area contributed by atoms with Crippen LogP contribution in [0.4, 0.5) is 0 Å². The smallest absolute Gasteiger partial charge is 0.169 e. The van der Waals surface area contributed by atoms with Crippen molar-refractivity contribution in [2.24, 2.45) is 11.3 Å². The molecular formula is C20H27NO2.